The lowest BCUT2D eigenvalue weighted by atomic mass is 10.3. The van der Waals surface area contributed by atoms with Gasteiger partial charge in [-0.3, -0.25) is 4.79 Å². The van der Waals surface area contributed by atoms with E-state index in [-0.39, 0.29) is 12.5 Å². The van der Waals surface area contributed by atoms with E-state index in [1.165, 1.54) is 6.92 Å². The molecule has 0 aliphatic carbocycles. The molecule has 0 unspecified atom stereocenters. The van der Waals surface area contributed by atoms with Gasteiger partial charge in [0.05, 0.1) is 0 Å². The molecule has 11 heteroatoms. The molecule has 0 heterocycles. The zero-order chi connectivity index (χ0) is 20.9. The number of azide groups is 1. The monoisotopic (exact) mass is 428 g/mol. The summed E-state index contributed by atoms with van der Waals surface area (Å²) in [6.45, 7) is 16.8. The molecular formula is C16H32N6O2SSi2. The average molecular weight is 429 g/mol. The number of nitrogens with zero attached hydrogens (tertiary/aromatic N) is 5. The lowest BCUT2D eigenvalue weighted by Crippen LogP contribution is -2.46. The van der Waals surface area contributed by atoms with Gasteiger partial charge in [-0.05, 0) is 63.4 Å². The Balaban J connectivity index is 4.63. The molecule has 27 heavy (non-hydrogen) atoms. The van der Waals surface area contributed by atoms with Crippen molar-refractivity contribution in [3.05, 3.63) is 22.2 Å². The highest BCUT2D eigenvalue weighted by molar-refractivity contribution is 8.15. The highest BCUT2D eigenvalue weighted by atomic mass is 32.2. The molecule has 0 saturated heterocycles. The number of rotatable bonds is 11. The Morgan fingerprint density at radius 1 is 1.30 bits per heavy atom. The predicted molar refractivity (Wildman–Crippen MR) is 121 cm³/mol. The Kier molecular flexibility index (Phi) is 12.2. The molecule has 0 saturated carbocycles. The van der Waals surface area contributed by atoms with Crippen LogP contribution in [0.15, 0.2) is 26.9 Å². The summed E-state index contributed by atoms with van der Waals surface area (Å²) in [6.07, 6.45) is 2.59. The molecule has 0 aromatic rings. The summed E-state index contributed by atoms with van der Waals surface area (Å²) < 4.78 is 6.56. The summed E-state index contributed by atoms with van der Waals surface area (Å²) in [7, 11) is -3.69. The van der Waals surface area contributed by atoms with Crippen LogP contribution in [0.2, 0.25) is 32.2 Å². The first-order valence-corrected chi connectivity index (χ1v) is 16.0. The fourth-order valence-electron chi connectivity index (χ4n) is 2.32. The van der Waals surface area contributed by atoms with Crippen molar-refractivity contribution in [1.29, 1.82) is 0 Å². The van der Waals surface area contributed by atoms with Crippen molar-refractivity contribution in [3.8, 4) is 0 Å². The van der Waals surface area contributed by atoms with E-state index < -0.39 is 16.6 Å². The zero-order valence-electron chi connectivity index (χ0n) is 17.3. The second-order valence-corrected chi connectivity index (χ2v) is 17.6. The van der Waals surface area contributed by atoms with Crippen molar-refractivity contribution in [2.75, 3.05) is 18.5 Å². The maximum absolute atomic E-state index is 10.9. The number of nitrogens with one attached hydrogen (secondary N) is 1. The highest BCUT2D eigenvalue weighted by Crippen LogP contribution is 2.23. The van der Waals surface area contributed by atoms with E-state index in [2.05, 4.69) is 58.2 Å². The third kappa shape index (κ3) is 14.3. The maximum Gasteiger partial charge on any atom is 0.216 e. The molecule has 1 N–H and O–H groups in total. The van der Waals surface area contributed by atoms with E-state index in [1.54, 1.807) is 18.0 Å². The molecule has 1 amide bonds. The summed E-state index contributed by atoms with van der Waals surface area (Å²) in [6, 6.07) is 1.01. The van der Waals surface area contributed by atoms with Crippen LogP contribution in [0.25, 0.3) is 10.4 Å². The summed E-state index contributed by atoms with van der Waals surface area (Å²) >= 11 is 1.54. The minimum Gasteiger partial charge on any atom is -0.455 e. The Bertz CT molecular complexity index is 616. The zero-order valence-corrected chi connectivity index (χ0v) is 20.1. The lowest BCUT2D eigenvalue weighted by molar-refractivity contribution is -0.118. The minimum absolute atomic E-state index is 0.00829. The van der Waals surface area contributed by atoms with Gasteiger partial charge in [-0.2, -0.15) is 0 Å². The first-order valence-electron chi connectivity index (χ1n) is 8.80. The first-order chi connectivity index (χ1) is 12.5. The number of hydrogen-bond donors (Lipinski definition) is 1. The van der Waals surface area contributed by atoms with Crippen molar-refractivity contribution in [1.82, 2.24) is 5.32 Å². The van der Waals surface area contributed by atoms with Gasteiger partial charge in [-0.1, -0.05) is 16.9 Å². The van der Waals surface area contributed by atoms with Gasteiger partial charge in [0.1, 0.15) is 0 Å². The smallest absolute Gasteiger partial charge is 0.216 e. The summed E-state index contributed by atoms with van der Waals surface area (Å²) in [5.74, 6) is 0.00829. The second kappa shape index (κ2) is 12.9. The third-order valence-electron chi connectivity index (χ3n) is 3.35. The van der Waals surface area contributed by atoms with E-state index >= 15 is 0 Å². The maximum atomic E-state index is 10.9. The molecule has 0 fully saturated rings. The number of carbonyl (C=O) groups is 1. The first kappa shape index (κ1) is 25.6. The fraction of sp³-hybridized carbons (Fsp3) is 0.688. The minimum atomic E-state index is -1.90. The van der Waals surface area contributed by atoms with Crippen LogP contribution in [0.5, 0.6) is 0 Å². The molecule has 0 aliphatic heterocycles. The Morgan fingerprint density at radius 3 is 2.52 bits per heavy atom. The number of hydrogen-bond acceptors (Lipinski definition) is 5. The van der Waals surface area contributed by atoms with Gasteiger partial charge in [0.2, 0.25) is 5.91 Å². The summed E-state index contributed by atoms with van der Waals surface area (Å²) in [4.78, 5) is 22.0. The Morgan fingerprint density at radius 2 is 1.96 bits per heavy atom. The van der Waals surface area contributed by atoms with Crippen molar-refractivity contribution in [2.45, 2.75) is 52.5 Å². The van der Waals surface area contributed by atoms with Crippen LogP contribution in [-0.2, 0) is 8.91 Å². The molecule has 0 aromatic carbocycles. The SMILES string of the molecule is C=NC(=N/C=C(\C)CN=[N+]=[N-])SC[Si](C)(C)O[Si](C)(C)CCCNC(C)=O. The van der Waals surface area contributed by atoms with Gasteiger partial charge in [-0.15, -0.1) is 0 Å². The number of aliphatic imine (C=N–C) groups is 2. The highest BCUT2D eigenvalue weighted by Gasteiger charge is 2.33. The molecule has 0 bridgehead atoms. The van der Waals surface area contributed by atoms with Crippen LogP contribution >= 0.6 is 11.8 Å². The third-order valence-corrected chi connectivity index (χ3v) is 13.2. The van der Waals surface area contributed by atoms with Crippen molar-refractivity contribution < 1.29 is 8.91 Å². The topological polar surface area (TPSA) is 112 Å². The molecule has 0 aliphatic rings. The average Bonchev–Trinajstić information content (AvgIpc) is 2.55. The van der Waals surface area contributed by atoms with Gasteiger partial charge in [0.25, 0.3) is 0 Å². The van der Waals surface area contributed by atoms with E-state index in [0.717, 1.165) is 23.4 Å². The molecule has 152 valence electrons. The quantitative estimate of drug-likeness (QED) is 0.0995. The van der Waals surface area contributed by atoms with Crippen LogP contribution in [0.3, 0.4) is 0 Å². The van der Waals surface area contributed by atoms with E-state index in [4.69, 9.17) is 9.65 Å². The van der Waals surface area contributed by atoms with Gasteiger partial charge < -0.3 is 9.43 Å². The number of carbonyl (C=O) groups excluding carboxylic acids is 1. The number of amides is 1. The second-order valence-electron chi connectivity index (χ2n) is 7.43. The molecule has 0 radical (unpaired) electrons. The Labute approximate surface area is 168 Å². The number of amidine groups is 1. The van der Waals surface area contributed by atoms with Gasteiger partial charge >= 0.3 is 0 Å². The van der Waals surface area contributed by atoms with Crippen molar-refractivity contribution in [3.63, 3.8) is 0 Å². The van der Waals surface area contributed by atoms with E-state index in [1.807, 2.05) is 6.92 Å². The molecule has 8 nitrogen and oxygen atoms in total. The van der Waals surface area contributed by atoms with Gasteiger partial charge in [0.15, 0.2) is 21.8 Å². The molecule has 0 rings (SSSR count). The van der Waals surface area contributed by atoms with Crippen molar-refractivity contribution in [2.24, 2.45) is 15.1 Å². The molecule has 0 spiro atoms. The van der Waals surface area contributed by atoms with Crippen LogP contribution in [-0.4, -0.2) is 52.9 Å². The van der Waals surface area contributed by atoms with E-state index in [0.29, 0.717) is 11.7 Å². The molecule has 0 aromatic heterocycles. The molecule has 0 atom stereocenters. The number of thioether (sulfide) groups is 1. The van der Waals surface area contributed by atoms with Crippen LogP contribution < -0.4 is 5.32 Å². The summed E-state index contributed by atoms with van der Waals surface area (Å²) in [5, 5.41) is 7.75. The fourth-order valence-corrected chi connectivity index (χ4v) is 12.6. The van der Waals surface area contributed by atoms with Crippen LogP contribution in [0.1, 0.15) is 20.3 Å². The summed E-state index contributed by atoms with van der Waals surface area (Å²) in [5.41, 5.74) is 9.19. The molecular weight excluding hydrogens is 396 g/mol. The predicted octanol–water partition coefficient (Wildman–Crippen LogP) is 4.48. The van der Waals surface area contributed by atoms with Crippen LogP contribution in [0, 0.1) is 0 Å². The van der Waals surface area contributed by atoms with Gasteiger partial charge in [0, 0.05) is 36.5 Å². The standard InChI is InChI=1S/C16H32N6O2SSi2/c1-14(12-21-22-17)11-20-16(18-3)25-13-27(6,7)24-26(4,5)10-8-9-19-15(2)23/h11H,3,8-10,12-13H2,1-2,4-7H3,(H,19,23)/b14-11+,20-16?. The Hall–Kier alpha value is -1.40. The normalized spacial score (nSPS) is 13.1. The van der Waals surface area contributed by atoms with Crippen molar-refractivity contribution >= 4 is 46.2 Å². The van der Waals surface area contributed by atoms with E-state index in [9.17, 15) is 4.79 Å². The van der Waals surface area contributed by atoms with Gasteiger partial charge in [-0.25, -0.2) is 9.98 Å². The largest absolute Gasteiger partial charge is 0.455 e. The lowest BCUT2D eigenvalue weighted by Gasteiger charge is -2.33. The van der Waals surface area contributed by atoms with Crippen LogP contribution in [0.4, 0.5) is 0 Å².